The van der Waals surface area contributed by atoms with Gasteiger partial charge < -0.3 is 21.9 Å². The molecule has 0 aliphatic heterocycles. The summed E-state index contributed by atoms with van der Waals surface area (Å²) in [7, 11) is 0. The quantitative estimate of drug-likeness (QED) is 0.547. The number of hydrogen-bond acceptors (Lipinski definition) is 4. The third kappa shape index (κ3) is 4.76. The lowest BCUT2D eigenvalue weighted by molar-refractivity contribution is -0.138. The van der Waals surface area contributed by atoms with Crippen LogP contribution in [0, 0.1) is 0 Å². The lowest BCUT2D eigenvalue weighted by Crippen LogP contribution is -2.37. The number of nitrogens with one attached hydrogen (secondary N) is 1. The topological polar surface area (TPSA) is 136 Å². The first-order chi connectivity index (χ1) is 8.90. The van der Waals surface area contributed by atoms with Crippen LogP contribution in [0.1, 0.15) is 12.0 Å². The van der Waals surface area contributed by atoms with Gasteiger partial charge in [-0.05, 0) is 11.6 Å². The van der Waals surface area contributed by atoms with Gasteiger partial charge in [0.2, 0.25) is 11.8 Å². The summed E-state index contributed by atoms with van der Waals surface area (Å²) in [4.78, 5) is 33.0. The smallest absolute Gasteiger partial charge is 0.305 e. The van der Waals surface area contributed by atoms with E-state index in [-0.39, 0.29) is 6.42 Å². The summed E-state index contributed by atoms with van der Waals surface area (Å²) in [6.45, 7) is 0. The molecular formula is C12H15N3O4. The molecule has 1 unspecified atom stereocenters. The molecule has 1 aromatic rings. The first-order valence-corrected chi connectivity index (χ1v) is 5.54. The number of carboxylic acids is 1. The van der Waals surface area contributed by atoms with E-state index in [4.69, 9.17) is 16.6 Å². The van der Waals surface area contributed by atoms with E-state index in [1.165, 1.54) is 0 Å². The number of aliphatic carboxylic acids is 1. The number of carbonyl (C=O) groups is 3. The predicted octanol–water partition coefficient (Wildman–Crippen LogP) is -0.545. The largest absolute Gasteiger partial charge is 0.481 e. The Morgan fingerprint density at radius 3 is 2.47 bits per heavy atom. The molecule has 0 spiro atoms. The molecule has 19 heavy (non-hydrogen) atoms. The van der Waals surface area contributed by atoms with Crippen molar-refractivity contribution in [3.8, 4) is 0 Å². The van der Waals surface area contributed by atoms with Gasteiger partial charge >= 0.3 is 5.97 Å². The Hall–Kier alpha value is -2.41. The average Bonchev–Trinajstić information content (AvgIpc) is 2.30. The molecule has 0 saturated carbocycles. The molecule has 0 aliphatic carbocycles. The third-order valence-electron chi connectivity index (χ3n) is 2.37. The van der Waals surface area contributed by atoms with E-state index in [1.54, 1.807) is 24.3 Å². The van der Waals surface area contributed by atoms with E-state index < -0.39 is 30.2 Å². The van der Waals surface area contributed by atoms with Crippen LogP contribution in [0.3, 0.4) is 0 Å². The van der Waals surface area contributed by atoms with Gasteiger partial charge in [-0.2, -0.15) is 0 Å². The fourth-order valence-electron chi connectivity index (χ4n) is 1.49. The zero-order valence-corrected chi connectivity index (χ0v) is 10.1. The van der Waals surface area contributed by atoms with Crippen LogP contribution in [-0.2, 0) is 20.8 Å². The molecule has 6 N–H and O–H groups in total. The SMILES string of the molecule is NC(=O)Cc1ccccc1NC(=O)C(N)CC(=O)O. The Labute approximate surface area is 109 Å². The first kappa shape index (κ1) is 14.7. The minimum atomic E-state index is -1.16. The van der Waals surface area contributed by atoms with Crippen LogP contribution < -0.4 is 16.8 Å². The van der Waals surface area contributed by atoms with Gasteiger partial charge in [-0.3, -0.25) is 14.4 Å². The molecule has 0 bridgehead atoms. The summed E-state index contributed by atoms with van der Waals surface area (Å²) in [6.07, 6.45) is -0.492. The van der Waals surface area contributed by atoms with Gasteiger partial charge in [0.15, 0.2) is 0 Å². The summed E-state index contributed by atoms with van der Waals surface area (Å²) < 4.78 is 0. The van der Waals surface area contributed by atoms with Crippen molar-refractivity contribution < 1.29 is 19.5 Å². The number of carboxylic acid groups (broad SMARTS) is 1. The monoisotopic (exact) mass is 265 g/mol. The van der Waals surface area contributed by atoms with Crippen molar-refractivity contribution in [2.24, 2.45) is 11.5 Å². The molecule has 0 heterocycles. The standard InChI is InChI=1S/C12H15N3O4/c13-8(6-11(17)18)12(19)15-9-4-2-1-3-7(9)5-10(14)16/h1-4,8H,5-6,13H2,(H2,14,16)(H,15,19)(H,17,18). The van der Waals surface area contributed by atoms with Crippen molar-refractivity contribution in [2.75, 3.05) is 5.32 Å². The number of rotatable bonds is 6. The average molecular weight is 265 g/mol. The maximum Gasteiger partial charge on any atom is 0.305 e. The van der Waals surface area contributed by atoms with Crippen LogP contribution in [0.5, 0.6) is 0 Å². The lowest BCUT2D eigenvalue weighted by atomic mass is 10.1. The Morgan fingerprint density at radius 2 is 1.89 bits per heavy atom. The second-order valence-electron chi connectivity index (χ2n) is 3.99. The minimum absolute atomic E-state index is 0.0232. The number of benzene rings is 1. The van der Waals surface area contributed by atoms with E-state index in [9.17, 15) is 14.4 Å². The van der Waals surface area contributed by atoms with Crippen molar-refractivity contribution in [3.05, 3.63) is 29.8 Å². The van der Waals surface area contributed by atoms with Crippen LogP contribution >= 0.6 is 0 Å². The highest BCUT2D eigenvalue weighted by molar-refractivity contribution is 5.97. The summed E-state index contributed by atoms with van der Waals surface area (Å²) in [5, 5.41) is 11.0. The molecular weight excluding hydrogens is 250 g/mol. The summed E-state index contributed by atoms with van der Waals surface area (Å²) in [5.41, 5.74) is 11.5. The molecule has 0 radical (unpaired) electrons. The van der Waals surface area contributed by atoms with E-state index in [2.05, 4.69) is 5.32 Å². The summed E-state index contributed by atoms with van der Waals surface area (Å²) in [6, 6.07) is 5.44. The van der Waals surface area contributed by atoms with Gasteiger partial charge in [0.05, 0.1) is 18.9 Å². The molecule has 0 aliphatic rings. The van der Waals surface area contributed by atoms with Crippen LogP contribution in [-0.4, -0.2) is 28.9 Å². The van der Waals surface area contributed by atoms with Crippen LogP contribution in [0.25, 0.3) is 0 Å². The number of primary amides is 1. The number of hydrogen-bond donors (Lipinski definition) is 4. The van der Waals surface area contributed by atoms with Gasteiger partial charge in [-0.1, -0.05) is 18.2 Å². The van der Waals surface area contributed by atoms with Gasteiger partial charge in [0.1, 0.15) is 0 Å². The van der Waals surface area contributed by atoms with Crippen LogP contribution in [0.2, 0.25) is 0 Å². The highest BCUT2D eigenvalue weighted by Crippen LogP contribution is 2.15. The molecule has 0 fully saturated rings. The molecule has 2 amide bonds. The zero-order valence-electron chi connectivity index (χ0n) is 10.1. The molecule has 7 heteroatoms. The van der Waals surface area contributed by atoms with Crippen LogP contribution in [0.4, 0.5) is 5.69 Å². The van der Waals surface area contributed by atoms with Crippen molar-refractivity contribution >= 4 is 23.5 Å². The molecule has 1 rings (SSSR count). The lowest BCUT2D eigenvalue weighted by Gasteiger charge is -2.13. The Kier molecular flexibility index (Phi) is 5.01. The molecule has 0 aromatic heterocycles. The van der Waals surface area contributed by atoms with Gasteiger partial charge in [-0.15, -0.1) is 0 Å². The van der Waals surface area contributed by atoms with Crippen molar-refractivity contribution in [3.63, 3.8) is 0 Å². The maximum atomic E-state index is 11.7. The number of nitrogens with two attached hydrogens (primary N) is 2. The zero-order chi connectivity index (χ0) is 14.4. The van der Waals surface area contributed by atoms with Crippen LogP contribution in [0.15, 0.2) is 24.3 Å². The van der Waals surface area contributed by atoms with Gasteiger partial charge in [0.25, 0.3) is 0 Å². The molecule has 1 atom stereocenters. The normalized spacial score (nSPS) is 11.6. The Balaban J connectivity index is 2.78. The van der Waals surface area contributed by atoms with Crippen molar-refractivity contribution in [2.45, 2.75) is 18.9 Å². The second-order valence-corrected chi connectivity index (χ2v) is 3.99. The fourth-order valence-corrected chi connectivity index (χ4v) is 1.49. The van der Waals surface area contributed by atoms with Crippen molar-refractivity contribution in [1.82, 2.24) is 0 Å². The predicted molar refractivity (Wildman–Crippen MR) is 68.2 cm³/mol. The van der Waals surface area contributed by atoms with E-state index in [0.29, 0.717) is 11.3 Å². The van der Waals surface area contributed by atoms with E-state index >= 15 is 0 Å². The molecule has 7 nitrogen and oxygen atoms in total. The van der Waals surface area contributed by atoms with E-state index in [1.807, 2.05) is 0 Å². The number of anilines is 1. The number of amides is 2. The Morgan fingerprint density at radius 1 is 1.26 bits per heavy atom. The summed E-state index contributed by atoms with van der Waals surface area (Å²) >= 11 is 0. The summed E-state index contributed by atoms with van der Waals surface area (Å²) in [5.74, 6) is -2.32. The number of carbonyl (C=O) groups excluding carboxylic acids is 2. The van der Waals surface area contributed by atoms with Gasteiger partial charge in [-0.25, -0.2) is 0 Å². The van der Waals surface area contributed by atoms with Crippen molar-refractivity contribution in [1.29, 1.82) is 0 Å². The highest BCUT2D eigenvalue weighted by atomic mass is 16.4. The fraction of sp³-hybridized carbons (Fsp3) is 0.250. The molecule has 1 aromatic carbocycles. The van der Waals surface area contributed by atoms with E-state index in [0.717, 1.165) is 0 Å². The second kappa shape index (κ2) is 6.50. The first-order valence-electron chi connectivity index (χ1n) is 5.54. The molecule has 102 valence electrons. The minimum Gasteiger partial charge on any atom is -0.481 e. The highest BCUT2D eigenvalue weighted by Gasteiger charge is 2.18. The Bertz CT molecular complexity index is 502. The maximum absolute atomic E-state index is 11.7. The van der Waals surface area contributed by atoms with Gasteiger partial charge in [0, 0.05) is 5.69 Å². The third-order valence-corrected chi connectivity index (χ3v) is 2.37. The molecule has 0 saturated heterocycles. The number of para-hydroxylation sites is 1.